The van der Waals surface area contributed by atoms with Crippen LogP contribution in [0.4, 0.5) is 0 Å². The zero-order chi connectivity index (χ0) is 24.5. The molecule has 2 aromatic carbocycles. The van der Waals surface area contributed by atoms with E-state index in [-0.39, 0.29) is 5.91 Å². The molecule has 0 saturated carbocycles. The molecule has 5 heteroatoms. The van der Waals surface area contributed by atoms with E-state index in [2.05, 4.69) is 55.3 Å². The Morgan fingerprint density at radius 2 is 1.94 bits per heavy atom. The van der Waals surface area contributed by atoms with Gasteiger partial charge in [-0.25, -0.2) is 0 Å². The highest BCUT2D eigenvalue weighted by Crippen LogP contribution is 2.39. The Labute approximate surface area is 208 Å². The zero-order valence-corrected chi connectivity index (χ0v) is 21.2. The maximum atomic E-state index is 11.0. The maximum Gasteiger partial charge on any atom is 0.216 e. The van der Waals surface area contributed by atoms with Crippen molar-refractivity contribution in [2.24, 2.45) is 0 Å². The maximum absolute atomic E-state index is 11.0. The summed E-state index contributed by atoms with van der Waals surface area (Å²) in [5, 5.41) is 6.88. The predicted molar refractivity (Wildman–Crippen MR) is 142 cm³/mol. The molecule has 0 aromatic heterocycles. The minimum Gasteiger partial charge on any atom is -0.487 e. The number of carbonyl (C=O) groups excluding carboxylic acids is 1. The molecule has 0 fully saturated rings. The minimum atomic E-state index is -0.0104. The fourth-order valence-corrected chi connectivity index (χ4v) is 4.75. The molecule has 0 aliphatic heterocycles. The highest BCUT2D eigenvalue weighted by atomic mass is 35.5. The minimum absolute atomic E-state index is 0.0104. The first kappa shape index (κ1) is 25.8. The number of allylic oxidation sites excluding steroid dienone is 5. The van der Waals surface area contributed by atoms with Gasteiger partial charge < -0.3 is 15.4 Å². The molecule has 34 heavy (non-hydrogen) atoms. The summed E-state index contributed by atoms with van der Waals surface area (Å²) in [5.41, 5.74) is 8.61. The van der Waals surface area contributed by atoms with Crippen LogP contribution in [-0.2, 0) is 30.8 Å². The van der Waals surface area contributed by atoms with Gasteiger partial charge in [0, 0.05) is 26.6 Å². The van der Waals surface area contributed by atoms with Crippen LogP contribution in [0, 0.1) is 6.92 Å². The fourth-order valence-electron chi connectivity index (χ4n) is 4.45. The van der Waals surface area contributed by atoms with Gasteiger partial charge in [-0.1, -0.05) is 60.7 Å². The molecule has 3 rings (SSSR count). The average molecular weight is 479 g/mol. The number of nitrogens with one attached hydrogen (secondary N) is 2. The SMILES string of the molecule is C=C/C=C\C=C(/C)c1cccc(COc2c(Cl)cc(CNCCNC(C)=O)c3c2CCC3)c1C. The molecule has 0 spiro atoms. The summed E-state index contributed by atoms with van der Waals surface area (Å²) in [7, 11) is 0. The fraction of sp³-hybridized carbons (Fsp3) is 0.345. The first-order valence-corrected chi connectivity index (χ1v) is 12.3. The lowest BCUT2D eigenvalue weighted by atomic mass is 9.97. The van der Waals surface area contributed by atoms with Crippen LogP contribution in [0.25, 0.3) is 5.57 Å². The molecule has 0 heterocycles. The quantitative estimate of drug-likeness (QED) is 0.303. The molecule has 0 saturated heterocycles. The van der Waals surface area contributed by atoms with E-state index in [0.29, 0.717) is 18.2 Å². The molecule has 1 aliphatic carbocycles. The smallest absolute Gasteiger partial charge is 0.216 e. The summed E-state index contributed by atoms with van der Waals surface area (Å²) >= 11 is 6.72. The van der Waals surface area contributed by atoms with E-state index in [1.165, 1.54) is 40.3 Å². The number of halogens is 1. The predicted octanol–water partition coefficient (Wildman–Crippen LogP) is 6.09. The summed E-state index contributed by atoms with van der Waals surface area (Å²) < 4.78 is 6.36. The number of carbonyl (C=O) groups is 1. The van der Waals surface area contributed by atoms with Crippen LogP contribution in [0.2, 0.25) is 5.02 Å². The van der Waals surface area contributed by atoms with Crippen LogP contribution in [0.15, 0.2) is 55.1 Å². The third kappa shape index (κ3) is 6.62. The van der Waals surface area contributed by atoms with Crippen molar-refractivity contribution >= 4 is 23.1 Å². The van der Waals surface area contributed by atoms with E-state index in [1.54, 1.807) is 6.08 Å². The van der Waals surface area contributed by atoms with Crippen LogP contribution in [-0.4, -0.2) is 19.0 Å². The second kappa shape index (κ2) is 12.6. The van der Waals surface area contributed by atoms with Gasteiger partial charge in [0.15, 0.2) is 0 Å². The van der Waals surface area contributed by atoms with Crippen molar-refractivity contribution in [3.8, 4) is 5.75 Å². The number of rotatable bonds is 11. The monoisotopic (exact) mass is 478 g/mol. The lowest BCUT2D eigenvalue weighted by Gasteiger charge is -2.18. The van der Waals surface area contributed by atoms with Gasteiger partial charge >= 0.3 is 0 Å². The van der Waals surface area contributed by atoms with E-state index < -0.39 is 0 Å². The lowest BCUT2D eigenvalue weighted by molar-refractivity contribution is -0.118. The van der Waals surface area contributed by atoms with Gasteiger partial charge in [-0.3, -0.25) is 4.79 Å². The molecule has 1 amide bonds. The standard InChI is InChI=1S/C29H35ClN2O2/c1-5-6-7-10-20(2)25-12-8-11-23(21(25)3)19-34-29-27-14-9-13-26(27)24(17-28(29)30)18-31-15-16-32-22(4)33/h5-8,10-12,17,31H,1,9,13-16,18-19H2,2-4H3,(H,32,33)/b7-6-,20-10+. The number of hydrogen-bond acceptors (Lipinski definition) is 3. The highest BCUT2D eigenvalue weighted by molar-refractivity contribution is 6.32. The summed E-state index contributed by atoms with van der Waals surface area (Å²) in [4.78, 5) is 11.0. The molecular formula is C29H35ClN2O2. The number of hydrogen-bond donors (Lipinski definition) is 2. The van der Waals surface area contributed by atoms with Gasteiger partial charge in [0.1, 0.15) is 12.4 Å². The van der Waals surface area contributed by atoms with Crippen molar-refractivity contribution in [3.05, 3.63) is 93.6 Å². The molecule has 0 radical (unpaired) electrons. The third-order valence-corrected chi connectivity index (χ3v) is 6.51. The van der Waals surface area contributed by atoms with Crippen LogP contribution >= 0.6 is 11.6 Å². The van der Waals surface area contributed by atoms with Gasteiger partial charge in [0.25, 0.3) is 0 Å². The Morgan fingerprint density at radius 3 is 2.71 bits per heavy atom. The summed E-state index contributed by atoms with van der Waals surface area (Å²) in [6, 6.07) is 8.38. The lowest BCUT2D eigenvalue weighted by Crippen LogP contribution is -2.30. The molecule has 0 atom stereocenters. The van der Waals surface area contributed by atoms with E-state index in [0.717, 1.165) is 43.7 Å². The summed E-state index contributed by atoms with van der Waals surface area (Å²) in [6.07, 6.45) is 10.9. The number of benzene rings is 2. The number of ether oxygens (including phenoxy) is 1. The van der Waals surface area contributed by atoms with Crippen molar-refractivity contribution in [1.29, 1.82) is 0 Å². The highest BCUT2D eigenvalue weighted by Gasteiger charge is 2.22. The first-order chi connectivity index (χ1) is 16.4. The van der Waals surface area contributed by atoms with Crippen molar-refractivity contribution < 1.29 is 9.53 Å². The van der Waals surface area contributed by atoms with E-state index in [4.69, 9.17) is 16.3 Å². The van der Waals surface area contributed by atoms with Gasteiger partial charge in [-0.05, 0) is 78.1 Å². The molecular weight excluding hydrogens is 444 g/mol. The molecule has 180 valence electrons. The molecule has 2 N–H and O–H groups in total. The molecule has 0 bridgehead atoms. The van der Waals surface area contributed by atoms with Gasteiger partial charge in [0.05, 0.1) is 5.02 Å². The van der Waals surface area contributed by atoms with Gasteiger partial charge in [0.2, 0.25) is 5.91 Å². The van der Waals surface area contributed by atoms with Crippen molar-refractivity contribution in [2.45, 2.75) is 53.2 Å². The number of amides is 1. The van der Waals surface area contributed by atoms with Crippen LogP contribution in [0.3, 0.4) is 0 Å². The average Bonchev–Trinajstić information content (AvgIpc) is 3.29. The van der Waals surface area contributed by atoms with Crippen LogP contribution in [0.1, 0.15) is 53.6 Å². The Bertz CT molecular complexity index is 1100. The second-order valence-electron chi connectivity index (χ2n) is 8.67. The molecule has 1 aliphatic rings. The molecule has 4 nitrogen and oxygen atoms in total. The molecule has 2 aromatic rings. The largest absolute Gasteiger partial charge is 0.487 e. The Balaban J connectivity index is 1.73. The van der Waals surface area contributed by atoms with Gasteiger partial charge in [-0.15, -0.1) is 0 Å². The topological polar surface area (TPSA) is 50.4 Å². The third-order valence-electron chi connectivity index (χ3n) is 6.22. The Hall–Kier alpha value is -2.82. The van der Waals surface area contributed by atoms with Crippen molar-refractivity contribution in [2.75, 3.05) is 13.1 Å². The number of fused-ring (bicyclic) bond motifs is 1. The molecule has 0 unspecified atom stereocenters. The Morgan fingerprint density at radius 1 is 1.15 bits per heavy atom. The first-order valence-electron chi connectivity index (χ1n) is 11.9. The normalized spacial score (nSPS) is 13.2. The van der Waals surface area contributed by atoms with Crippen LogP contribution < -0.4 is 15.4 Å². The van der Waals surface area contributed by atoms with E-state index in [1.807, 2.05) is 18.2 Å². The zero-order valence-electron chi connectivity index (χ0n) is 20.5. The van der Waals surface area contributed by atoms with Crippen LogP contribution in [0.5, 0.6) is 5.75 Å². The summed E-state index contributed by atoms with van der Waals surface area (Å²) in [6.45, 7) is 12.1. The van der Waals surface area contributed by atoms with Crippen molar-refractivity contribution in [3.63, 3.8) is 0 Å². The Kier molecular flexibility index (Phi) is 9.55. The summed E-state index contributed by atoms with van der Waals surface area (Å²) in [5.74, 6) is 0.811. The van der Waals surface area contributed by atoms with E-state index in [9.17, 15) is 4.79 Å². The van der Waals surface area contributed by atoms with Gasteiger partial charge in [-0.2, -0.15) is 0 Å². The second-order valence-corrected chi connectivity index (χ2v) is 9.07. The van der Waals surface area contributed by atoms with Crippen molar-refractivity contribution in [1.82, 2.24) is 10.6 Å². The van der Waals surface area contributed by atoms with E-state index >= 15 is 0 Å².